The highest BCUT2D eigenvalue weighted by atomic mass is 16.2. The molecule has 0 N–H and O–H groups in total. The van der Waals surface area contributed by atoms with Crippen molar-refractivity contribution in [1.82, 2.24) is 4.98 Å². The van der Waals surface area contributed by atoms with Gasteiger partial charge in [0.15, 0.2) is 0 Å². The molecule has 1 aliphatic heterocycles. The van der Waals surface area contributed by atoms with Crippen LogP contribution in [0.1, 0.15) is 27.0 Å². The first-order valence-corrected chi connectivity index (χ1v) is 8.32. The van der Waals surface area contributed by atoms with Crippen molar-refractivity contribution in [2.45, 2.75) is 6.92 Å². The largest absolute Gasteiger partial charge is 0.268 e. The van der Waals surface area contributed by atoms with Gasteiger partial charge in [0.2, 0.25) is 0 Å². The maximum Gasteiger partial charge on any atom is 0.265 e. The highest BCUT2D eigenvalue weighted by Gasteiger charge is 2.35. The van der Waals surface area contributed by atoms with Crippen molar-refractivity contribution in [2.24, 2.45) is 0 Å². The van der Waals surface area contributed by atoms with Crippen molar-refractivity contribution < 1.29 is 9.59 Å². The molecular weight excluding hydrogens is 324 g/mol. The average molecular weight is 340 g/mol. The molecule has 2 amide bonds. The van der Waals surface area contributed by atoms with Gasteiger partial charge in [-0.05, 0) is 54.5 Å². The van der Waals surface area contributed by atoms with Crippen LogP contribution in [0.3, 0.4) is 0 Å². The number of aromatic nitrogens is 1. The van der Waals surface area contributed by atoms with Crippen LogP contribution in [0.25, 0.3) is 11.6 Å². The molecule has 0 bridgehead atoms. The highest BCUT2D eigenvalue weighted by molar-refractivity contribution is 6.43. The van der Waals surface area contributed by atoms with Crippen LogP contribution < -0.4 is 4.90 Å². The summed E-state index contributed by atoms with van der Waals surface area (Å²) >= 11 is 0. The van der Waals surface area contributed by atoms with Crippen molar-refractivity contribution >= 4 is 29.2 Å². The normalized spacial score (nSPS) is 15.3. The molecule has 0 aliphatic carbocycles. The molecule has 0 unspecified atom stereocenters. The van der Waals surface area contributed by atoms with E-state index in [1.165, 1.54) is 4.90 Å². The predicted molar refractivity (Wildman–Crippen MR) is 102 cm³/mol. The van der Waals surface area contributed by atoms with Gasteiger partial charge in [0, 0.05) is 23.5 Å². The molecule has 2 heterocycles. The molecule has 0 fully saturated rings. The van der Waals surface area contributed by atoms with Gasteiger partial charge in [-0.3, -0.25) is 14.6 Å². The van der Waals surface area contributed by atoms with Crippen molar-refractivity contribution in [3.63, 3.8) is 0 Å². The molecule has 1 aliphatic rings. The van der Waals surface area contributed by atoms with Crippen molar-refractivity contribution in [1.29, 1.82) is 0 Å². The number of rotatable bonds is 2. The lowest BCUT2D eigenvalue weighted by atomic mass is 9.92. The lowest BCUT2D eigenvalue weighted by molar-refractivity contribution is -0.112. The molecule has 1 aromatic heterocycles. The van der Waals surface area contributed by atoms with Gasteiger partial charge < -0.3 is 0 Å². The Bertz CT molecular complexity index is 1020. The first kappa shape index (κ1) is 16.0. The summed E-state index contributed by atoms with van der Waals surface area (Å²) in [5.74, 6) is -0.629. The molecule has 0 saturated carbocycles. The molecule has 126 valence electrons. The van der Waals surface area contributed by atoms with E-state index < -0.39 is 0 Å². The Morgan fingerprint density at radius 3 is 2.15 bits per heavy atom. The number of carbonyl (C=O) groups excluding carboxylic acids is 2. The van der Waals surface area contributed by atoms with Gasteiger partial charge in [-0.2, -0.15) is 0 Å². The number of anilines is 1. The van der Waals surface area contributed by atoms with Crippen LogP contribution >= 0.6 is 0 Å². The van der Waals surface area contributed by atoms with Crippen LogP contribution in [0.4, 0.5) is 5.69 Å². The predicted octanol–water partition coefficient (Wildman–Crippen LogP) is 4.12. The third kappa shape index (κ3) is 2.71. The standard InChI is InChI=1S/C22H16N2O2/c1-15-6-8-17(9-7-15)24-21(25)19-5-3-2-4-18(19)20(22(24)26)14-16-10-12-23-13-11-16/h2-14H,1H3/b20-14-. The monoisotopic (exact) mass is 340 g/mol. The topological polar surface area (TPSA) is 50.3 Å². The van der Waals surface area contributed by atoms with E-state index in [-0.39, 0.29) is 11.8 Å². The van der Waals surface area contributed by atoms with E-state index in [9.17, 15) is 9.59 Å². The molecular formula is C22H16N2O2. The summed E-state index contributed by atoms with van der Waals surface area (Å²) in [4.78, 5) is 31.4. The zero-order valence-electron chi connectivity index (χ0n) is 14.2. The van der Waals surface area contributed by atoms with Gasteiger partial charge >= 0.3 is 0 Å². The quantitative estimate of drug-likeness (QED) is 0.521. The van der Waals surface area contributed by atoms with Gasteiger partial charge in [-0.25, -0.2) is 4.90 Å². The van der Waals surface area contributed by atoms with Gasteiger partial charge in [0.1, 0.15) is 0 Å². The van der Waals surface area contributed by atoms with Crippen LogP contribution in [-0.2, 0) is 4.79 Å². The summed E-state index contributed by atoms with van der Waals surface area (Å²) in [5.41, 5.74) is 4.17. The van der Waals surface area contributed by atoms with E-state index in [0.29, 0.717) is 22.4 Å². The number of hydrogen-bond donors (Lipinski definition) is 0. The number of carbonyl (C=O) groups is 2. The van der Waals surface area contributed by atoms with Crippen molar-refractivity contribution in [3.05, 3.63) is 95.3 Å². The van der Waals surface area contributed by atoms with E-state index in [2.05, 4.69) is 4.98 Å². The Balaban J connectivity index is 1.90. The molecule has 0 saturated heterocycles. The summed E-state index contributed by atoms with van der Waals surface area (Å²) in [6, 6.07) is 18.2. The molecule has 0 spiro atoms. The number of pyridine rings is 1. The van der Waals surface area contributed by atoms with Gasteiger partial charge in [0.05, 0.1) is 5.69 Å². The molecule has 0 atom stereocenters. The van der Waals surface area contributed by atoms with Crippen molar-refractivity contribution in [3.8, 4) is 0 Å². The molecule has 2 aromatic carbocycles. The van der Waals surface area contributed by atoms with E-state index in [4.69, 9.17) is 0 Å². The van der Waals surface area contributed by atoms with E-state index in [0.717, 1.165) is 11.1 Å². The summed E-state index contributed by atoms with van der Waals surface area (Å²) in [7, 11) is 0. The average Bonchev–Trinajstić information content (AvgIpc) is 2.67. The Morgan fingerprint density at radius 1 is 0.808 bits per heavy atom. The second-order valence-electron chi connectivity index (χ2n) is 6.17. The van der Waals surface area contributed by atoms with E-state index >= 15 is 0 Å². The fraction of sp³-hybridized carbons (Fsp3) is 0.0455. The first-order chi connectivity index (χ1) is 12.6. The Hall–Kier alpha value is -3.53. The van der Waals surface area contributed by atoms with Crippen molar-refractivity contribution in [2.75, 3.05) is 4.90 Å². The smallest absolute Gasteiger partial charge is 0.265 e. The summed E-state index contributed by atoms with van der Waals surface area (Å²) in [6.45, 7) is 1.97. The second kappa shape index (κ2) is 6.41. The fourth-order valence-electron chi connectivity index (χ4n) is 3.05. The number of imide groups is 1. The Labute approximate surface area is 151 Å². The van der Waals surface area contributed by atoms with Gasteiger partial charge in [0.25, 0.3) is 11.8 Å². The molecule has 4 heteroatoms. The second-order valence-corrected chi connectivity index (χ2v) is 6.17. The van der Waals surface area contributed by atoms with Crippen LogP contribution in [0, 0.1) is 6.92 Å². The Morgan fingerprint density at radius 2 is 1.46 bits per heavy atom. The maximum atomic E-state index is 13.2. The highest BCUT2D eigenvalue weighted by Crippen LogP contribution is 2.33. The minimum Gasteiger partial charge on any atom is -0.268 e. The number of hydrogen-bond acceptors (Lipinski definition) is 3. The SMILES string of the molecule is Cc1ccc(N2C(=O)/C(=C\c3ccncc3)c3ccccc3C2=O)cc1. The fourth-order valence-corrected chi connectivity index (χ4v) is 3.05. The number of amides is 2. The van der Waals surface area contributed by atoms with Crippen LogP contribution in [0.2, 0.25) is 0 Å². The molecule has 4 rings (SSSR count). The number of nitrogens with zero attached hydrogens (tertiary/aromatic N) is 2. The Kier molecular flexibility index (Phi) is 3.93. The molecule has 26 heavy (non-hydrogen) atoms. The minimum atomic E-state index is -0.325. The maximum absolute atomic E-state index is 13.2. The lowest BCUT2D eigenvalue weighted by Crippen LogP contribution is -2.41. The summed E-state index contributed by atoms with van der Waals surface area (Å²) in [5, 5.41) is 0. The number of fused-ring (bicyclic) bond motifs is 1. The van der Waals surface area contributed by atoms with E-state index in [1.807, 2.05) is 49.4 Å². The summed E-state index contributed by atoms with van der Waals surface area (Å²) in [6.07, 6.45) is 5.15. The third-order valence-corrected chi connectivity index (χ3v) is 4.39. The minimum absolute atomic E-state index is 0.304. The zero-order valence-corrected chi connectivity index (χ0v) is 14.2. The van der Waals surface area contributed by atoms with Crippen LogP contribution in [-0.4, -0.2) is 16.8 Å². The molecule has 3 aromatic rings. The van der Waals surface area contributed by atoms with Gasteiger partial charge in [-0.1, -0.05) is 35.9 Å². The molecule has 4 nitrogen and oxygen atoms in total. The first-order valence-electron chi connectivity index (χ1n) is 8.32. The van der Waals surface area contributed by atoms with Gasteiger partial charge in [-0.15, -0.1) is 0 Å². The number of aryl methyl sites for hydroxylation is 1. The van der Waals surface area contributed by atoms with Crippen LogP contribution in [0.15, 0.2) is 73.1 Å². The van der Waals surface area contributed by atoms with E-state index in [1.54, 1.807) is 36.7 Å². The summed E-state index contributed by atoms with van der Waals surface area (Å²) < 4.78 is 0. The molecule has 0 radical (unpaired) electrons. The van der Waals surface area contributed by atoms with Crippen LogP contribution in [0.5, 0.6) is 0 Å². The lowest BCUT2D eigenvalue weighted by Gasteiger charge is -2.28. The number of benzene rings is 2. The zero-order chi connectivity index (χ0) is 18.1. The third-order valence-electron chi connectivity index (χ3n) is 4.39.